The number of rotatable bonds is 7. The predicted molar refractivity (Wildman–Crippen MR) is 144 cm³/mol. The van der Waals surface area contributed by atoms with E-state index in [1.165, 1.54) is 5.56 Å². The monoisotopic (exact) mass is 511 g/mol. The Kier molecular flexibility index (Phi) is 8.26. The van der Waals surface area contributed by atoms with Gasteiger partial charge in [0, 0.05) is 24.0 Å². The van der Waals surface area contributed by atoms with E-state index in [1.54, 1.807) is 0 Å². The SMILES string of the molecule is CCCC1CN(C(=O)OC(C)(C)C)CC(OCc2nc3ccccc3n2CC)C1c1ccc(Cl)cc1. The number of nitrogens with zero attached hydrogens (tertiary/aromatic N) is 3. The van der Waals surface area contributed by atoms with Crippen molar-refractivity contribution >= 4 is 28.7 Å². The number of aryl methyl sites for hydroxylation is 1. The highest BCUT2D eigenvalue weighted by Gasteiger charge is 2.41. The third-order valence-electron chi connectivity index (χ3n) is 6.81. The maximum Gasteiger partial charge on any atom is 0.410 e. The van der Waals surface area contributed by atoms with E-state index in [-0.39, 0.29) is 24.0 Å². The second-order valence-electron chi connectivity index (χ2n) is 10.6. The lowest BCUT2D eigenvalue weighted by atomic mass is 9.76. The number of halogens is 1. The predicted octanol–water partition coefficient (Wildman–Crippen LogP) is 7.05. The number of aromatic nitrogens is 2. The van der Waals surface area contributed by atoms with Crippen molar-refractivity contribution in [1.29, 1.82) is 0 Å². The van der Waals surface area contributed by atoms with Crippen molar-refractivity contribution < 1.29 is 14.3 Å². The molecular weight excluding hydrogens is 474 g/mol. The fourth-order valence-electron chi connectivity index (χ4n) is 5.32. The Bertz CT molecular complexity index is 1170. The van der Waals surface area contributed by atoms with E-state index >= 15 is 0 Å². The number of carbonyl (C=O) groups is 1. The van der Waals surface area contributed by atoms with Crippen molar-refractivity contribution in [2.45, 2.75) is 78.2 Å². The average molecular weight is 512 g/mol. The van der Waals surface area contributed by atoms with Crippen LogP contribution in [-0.2, 0) is 22.6 Å². The van der Waals surface area contributed by atoms with E-state index in [1.807, 2.05) is 56.0 Å². The van der Waals surface area contributed by atoms with Crippen LogP contribution in [0.5, 0.6) is 0 Å². The lowest BCUT2D eigenvalue weighted by Gasteiger charge is -2.44. The summed E-state index contributed by atoms with van der Waals surface area (Å²) in [5, 5.41) is 0.714. The Morgan fingerprint density at radius 1 is 1.08 bits per heavy atom. The molecule has 1 fully saturated rings. The third-order valence-corrected chi connectivity index (χ3v) is 7.06. The number of imidazole rings is 1. The van der Waals surface area contributed by atoms with E-state index in [0.717, 1.165) is 36.2 Å². The summed E-state index contributed by atoms with van der Waals surface area (Å²) in [6, 6.07) is 16.2. The zero-order valence-corrected chi connectivity index (χ0v) is 22.8. The Morgan fingerprint density at radius 2 is 1.81 bits per heavy atom. The second-order valence-corrected chi connectivity index (χ2v) is 11.1. The summed E-state index contributed by atoms with van der Waals surface area (Å²) < 4.78 is 14.6. The van der Waals surface area contributed by atoms with Crippen molar-refractivity contribution in [3.63, 3.8) is 0 Å². The van der Waals surface area contributed by atoms with Gasteiger partial charge in [-0.05, 0) is 69.9 Å². The number of hydrogen-bond acceptors (Lipinski definition) is 4. The van der Waals surface area contributed by atoms with E-state index < -0.39 is 5.60 Å². The molecule has 2 aromatic carbocycles. The molecule has 1 aliphatic heterocycles. The van der Waals surface area contributed by atoms with Gasteiger partial charge in [-0.2, -0.15) is 0 Å². The van der Waals surface area contributed by atoms with Crippen LogP contribution in [0.25, 0.3) is 11.0 Å². The summed E-state index contributed by atoms with van der Waals surface area (Å²) in [7, 11) is 0. The van der Waals surface area contributed by atoms with E-state index in [0.29, 0.717) is 24.7 Å². The van der Waals surface area contributed by atoms with Crippen LogP contribution in [0.1, 0.15) is 64.8 Å². The zero-order chi connectivity index (χ0) is 25.9. The molecule has 3 unspecified atom stereocenters. The molecule has 0 saturated carbocycles. The number of carbonyl (C=O) groups excluding carboxylic acids is 1. The number of benzene rings is 2. The molecule has 6 nitrogen and oxygen atoms in total. The quantitative estimate of drug-likeness (QED) is 0.341. The van der Waals surface area contributed by atoms with Crippen LogP contribution in [0, 0.1) is 5.92 Å². The fraction of sp³-hybridized carbons (Fsp3) is 0.517. The number of likely N-dealkylation sites (tertiary alicyclic amines) is 1. The number of para-hydroxylation sites is 2. The second kappa shape index (κ2) is 11.2. The molecule has 3 atom stereocenters. The normalized spacial score (nSPS) is 20.6. The molecule has 194 valence electrons. The highest BCUT2D eigenvalue weighted by atomic mass is 35.5. The Morgan fingerprint density at radius 3 is 2.47 bits per heavy atom. The van der Waals surface area contributed by atoms with Gasteiger partial charge in [-0.3, -0.25) is 0 Å². The molecule has 2 heterocycles. The molecular formula is C29H38ClN3O3. The van der Waals surface area contributed by atoms with Gasteiger partial charge in [-0.15, -0.1) is 0 Å². The van der Waals surface area contributed by atoms with E-state index in [9.17, 15) is 4.79 Å². The summed E-state index contributed by atoms with van der Waals surface area (Å²) in [5.74, 6) is 1.28. The first kappa shape index (κ1) is 26.5. The Balaban J connectivity index is 1.65. The molecule has 0 bridgehead atoms. The minimum Gasteiger partial charge on any atom is -0.444 e. The largest absolute Gasteiger partial charge is 0.444 e. The zero-order valence-electron chi connectivity index (χ0n) is 22.0. The van der Waals surface area contributed by atoms with Gasteiger partial charge in [0.15, 0.2) is 0 Å². The van der Waals surface area contributed by atoms with Crippen LogP contribution in [0.4, 0.5) is 4.79 Å². The highest BCUT2D eigenvalue weighted by molar-refractivity contribution is 6.30. The first-order valence-electron chi connectivity index (χ1n) is 13.0. The van der Waals surface area contributed by atoms with Crippen molar-refractivity contribution in [3.8, 4) is 0 Å². The first-order valence-corrected chi connectivity index (χ1v) is 13.4. The summed E-state index contributed by atoms with van der Waals surface area (Å²) in [6.07, 6.45) is 1.52. The van der Waals surface area contributed by atoms with Gasteiger partial charge < -0.3 is 18.9 Å². The van der Waals surface area contributed by atoms with Crippen LogP contribution in [-0.4, -0.2) is 45.3 Å². The molecule has 0 N–H and O–H groups in total. The molecule has 0 aliphatic carbocycles. The van der Waals surface area contributed by atoms with Crippen molar-refractivity contribution in [2.24, 2.45) is 5.92 Å². The smallest absolute Gasteiger partial charge is 0.410 e. The molecule has 1 aromatic heterocycles. The van der Waals surface area contributed by atoms with Crippen LogP contribution >= 0.6 is 11.6 Å². The average Bonchev–Trinajstić information content (AvgIpc) is 3.20. The summed E-state index contributed by atoms with van der Waals surface area (Å²) >= 11 is 6.21. The molecule has 0 radical (unpaired) electrons. The first-order chi connectivity index (χ1) is 17.2. The van der Waals surface area contributed by atoms with E-state index in [2.05, 4.69) is 36.6 Å². The minimum absolute atomic E-state index is 0.139. The highest BCUT2D eigenvalue weighted by Crippen LogP contribution is 2.39. The van der Waals surface area contributed by atoms with Gasteiger partial charge in [0.05, 0.1) is 23.7 Å². The molecule has 1 saturated heterocycles. The molecule has 0 spiro atoms. The number of amides is 1. The van der Waals surface area contributed by atoms with Crippen molar-refractivity contribution in [3.05, 3.63) is 64.9 Å². The van der Waals surface area contributed by atoms with Gasteiger partial charge >= 0.3 is 6.09 Å². The van der Waals surface area contributed by atoms with Gasteiger partial charge in [0.1, 0.15) is 18.0 Å². The van der Waals surface area contributed by atoms with E-state index in [4.69, 9.17) is 26.1 Å². The van der Waals surface area contributed by atoms with Crippen LogP contribution < -0.4 is 0 Å². The lowest BCUT2D eigenvalue weighted by Crippen LogP contribution is -2.52. The summed E-state index contributed by atoms with van der Waals surface area (Å²) in [4.78, 5) is 19.8. The third kappa shape index (κ3) is 6.04. The molecule has 36 heavy (non-hydrogen) atoms. The van der Waals surface area contributed by atoms with Gasteiger partial charge in [0.25, 0.3) is 0 Å². The lowest BCUT2D eigenvalue weighted by molar-refractivity contribution is -0.0559. The maximum atomic E-state index is 13.1. The molecule has 1 aliphatic rings. The number of hydrogen-bond donors (Lipinski definition) is 0. The number of piperidine rings is 1. The Hall–Kier alpha value is -2.57. The minimum atomic E-state index is -0.549. The maximum absolute atomic E-state index is 13.1. The molecule has 1 amide bonds. The van der Waals surface area contributed by atoms with Crippen molar-refractivity contribution in [2.75, 3.05) is 13.1 Å². The standard InChI is InChI=1S/C29H38ClN3O3/c1-6-10-21-17-32(28(34)36-29(3,4)5)18-25(27(21)20-13-15-22(30)16-14-20)35-19-26-31-23-11-8-9-12-24(23)33(26)7-2/h8-9,11-16,21,25,27H,6-7,10,17-19H2,1-5H3. The van der Waals surface area contributed by atoms with Crippen molar-refractivity contribution in [1.82, 2.24) is 14.5 Å². The topological polar surface area (TPSA) is 56.6 Å². The van der Waals surface area contributed by atoms with Crippen LogP contribution in [0.3, 0.4) is 0 Å². The number of fused-ring (bicyclic) bond motifs is 1. The molecule has 4 rings (SSSR count). The Labute approximate surface area is 219 Å². The molecule has 3 aromatic rings. The van der Waals surface area contributed by atoms with Gasteiger partial charge in [-0.25, -0.2) is 9.78 Å². The van der Waals surface area contributed by atoms with Crippen LogP contribution in [0.15, 0.2) is 48.5 Å². The molecule has 7 heteroatoms. The number of ether oxygens (including phenoxy) is 2. The van der Waals surface area contributed by atoms with Gasteiger partial charge in [0.2, 0.25) is 0 Å². The van der Waals surface area contributed by atoms with Gasteiger partial charge in [-0.1, -0.05) is 49.2 Å². The van der Waals surface area contributed by atoms with Crippen LogP contribution in [0.2, 0.25) is 5.02 Å². The summed E-state index contributed by atoms with van der Waals surface area (Å²) in [6.45, 7) is 12.3. The fourth-order valence-corrected chi connectivity index (χ4v) is 5.45. The summed E-state index contributed by atoms with van der Waals surface area (Å²) in [5.41, 5.74) is 2.72.